The van der Waals surface area contributed by atoms with Gasteiger partial charge in [0, 0.05) is 24.2 Å². The third kappa shape index (κ3) is 1.99. The summed E-state index contributed by atoms with van der Waals surface area (Å²) in [5.74, 6) is -0.312. The van der Waals surface area contributed by atoms with Crippen LogP contribution in [0.2, 0.25) is 0 Å². The summed E-state index contributed by atoms with van der Waals surface area (Å²) >= 11 is 0. The van der Waals surface area contributed by atoms with Gasteiger partial charge in [0.1, 0.15) is 5.82 Å². The first kappa shape index (κ1) is 10.1. The Labute approximate surface area is 87.7 Å². The number of nitrogens with one attached hydrogen (secondary N) is 2. The molecule has 0 spiro atoms. The lowest BCUT2D eigenvalue weighted by Gasteiger charge is -2.18. The molecule has 0 radical (unpaired) electrons. The molecule has 1 aromatic carbocycles. The van der Waals surface area contributed by atoms with Crippen molar-refractivity contribution in [1.82, 2.24) is 5.32 Å². The van der Waals surface area contributed by atoms with E-state index in [1.807, 2.05) is 6.07 Å². The Kier molecular flexibility index (Phi) is 2.68. The molecular formula is C11H13FN2O. The van der Waals surface area contributed by atoms with Crippen LogP contribution >= 0.6 is 0 Å². The highest BCUT2D eigenvalue weighted by Crippen LogP contribution is 2.25. The first-order valence-electron chi connectivity index (χ1n) is 4.96. The van der Waals surface area contributed by atoms with Crippen LogP contribution in [-0.2, 0) is 17.8 Å². The number of aryl methyl sites for hydroxylation is 1. The van der Waals surface area contributed by atoms with Crippen molar-refractivity contribution < 1.29 is 9.18 Å². The second kappa shape index (κ2) is 3.98. The van der Waals surface area contributed by atoms with Crippen LogP contribution in [0.4, 0.5) is 10.1 Å². The van der Waals surface area contributed by atoms with Crippen LogP contribution < -0.4 is 10.6 Å². The van der Waals surface area contributed by atoms with E-state index in [4.69, 9.17) is 0 Å². The van der Waals surface area contributed by atoms with Crippen LogP contribution in [-0.4, -0.2) is 13.0 Å². The van der Waals surface area contributed by atoms with Crippen molar-refractivity contribution in [3.8, 4) is 0 Å². The zero-order valence-electron chi connectivity index (χ0n) is 8.56. The molecule has 15 heavy (non-hydrogen) atoms. The van der Waals surface area contributed by atoms with E-state index in [2.05, 4.69) is 10.6 Å². The summed E-state index contributed by atoms with van der Waals surface area (Å²) in [7, 11) is 1.78. The Bertz CT molecular complexity index is 404. The van der Waals surface area contributed by atoms with Crippen molar-refractivity contribution in [2.24, 2.45) is 0 Å². The largest absolute Gasteiger partial charge is 0.326 e. The van der Waals surface area contributed by atoms with E-state index in [0.717, 1.165) is 5.56 Å². The summed E-state index contributed by atoms with van der Waals surface area (Å²) in [6.45, 7) is 0.507. The van der Waals surface area contributed by atoms with Gasteiger partial charge in [-0.2, -0.15) is 0 Å². The molecule has 1 aliphatic rings. The van der Waals surface area contributed by atoms with E-state index < -0.39 is 0 Å². The smallest absolute Gasteiger partial charge is 0.224 e. The highest BCUT2D eigenvalue weighted by molar-refractivity contribution is 5.93. The number of carbonyl (C=O) groups is 1. The van der Waals surface area contributed by atoms with Gasteiger partial charge in [-0.05, 0) is 31.2 Å². The van der Waals surface area contributed by atoms with Crippen LogP contribution in [0, 0.1) is 5.82 Å². The van der Waals surface area contributed by atoms with Gasteiger partial charge in [0.05, 0.1) is 0 Å². The predicted octanol–water partition coefficient (Wildman–Crippen LogP) is 1.43. The fraction of sp³-hybridized carbons (Fsp3) is 0.364. The van der Waals surface area contributed by atoms with Gasteiger partial charge in [0.25, 0.3) is 0 Å². The number of fused-ring (bicyclic) bond motifs is 1. The van der Waals surface area contributed by atoms with Crippen molar-refractivity contribution in [3.05, 3.63) is 29.1 Å². The number of anilines is 1. The number of rotatable bonds is 2. The summed E-state index contributed by atoms with van der Waals surface area (Å²) in [6, 6.07) is 3.22. The molecule has 1 aromatic rings. The predicted molar refractivity (Wildman–Crippen MR) is 56.1 cm³/mol. The Balaban J connectivity index is 2.37. The third-order valence-corrected chi connectivity index (χ3v) is 2.53. The highest BCUT2D eigenvalue weighted by atomic mass is 19.1. The first-order valence-corrected chi connectivity index (χ1v) is 4.96. The third-order valence-electron chi connectivity index (χ3n) is 2.53. The van der Waals surface area contributed by atoms with Crippen molar-refractivity contribution >= 4 is 11.6 Å². The number of carbonyl (C=O) groups excluding carboxylic acids is 1. The number of benzene rings is 1. The molecule has 1 aliphatic heterocycles. The van der Waals surface area contributed by atoms with Crippen molar-refractivity contribution in [1.29, 1.82) is 0 Å². The quantitative estimate of drug-likeness (QED) is 0.772. The normalized spacial score (nSPS) is 14.7. The molecule has 80 valence electrons. The molecule has 0 aromatic heterocycles. The van der Waals surface area contributed by atoms with Crippen LogP contribution in [0.3, 0.4) is 0 Å². The average molecular weight is 208 g/mol. The zero-order valence-corrected chi connectivity index (χ0v) is 8.56. The summed E-state index contributed by atoms with van der Waals surface area (Å²) in [5, 5.41) is 5.58. The van der Waals surface area contributed by atoms with Gasteiger partial charge in [-0.1, -0.05) is 0 Å². The summed E-state index contributed by atoms with van der Waals surface area (Å²) < 4.78 is 13.5. The molecule has 0 saturated heterocycles. The van der Waals surface area contributed by atoms with Crippen LogP contribution in [0.5, 0.6) is 0 Å². The Morgan fingerprint density at radius 2 is 2.27 bits per heavy atom. The van der Waals surface area contributed by atoms with Gasteiger partial charge in [-0.15, -0.1) is 0 Å². The summed E-state index contributed by atoms with van der Waals surface area (Å²) in [6.07, 6.45) is 1.18. The minimum atomic E-state index is -0.273. The molecule has 0 bridgehead atoms. The zero-order chi connectivity index (χ0) is 10.8. The van der Waals surface area contributed by atoms with Gasteiger partial charge in [-0.25, -0.2) is 4.39 Å². The molecule has 2 N–H and O–H groups in total. The molecular weight excluding hydrogens is 195 g/mol. The lowest BCUT2D eigenvalue weighted by molar-refractivity contribution is -0.116. The fourth-order valence-electron chi connectivity index (χ4n) is 1.78. The standard InChI is InChI=1S/C11H13FN2O/c1-13-6-8-4-7-2-3-11(15)14-10(7)5-9(8)12/h4-5,13H,2-3,6H2,1H3,(H,14,15). The molecule has 1 amide bonds. The van der Waals surface area contributed by atoms with E-state index in [9.17, 15) is 9.18 Å². The maximum atomic E-state index is 13.5. The number of hydrogen-bond donors (Lipinski definition) is 2. The van der Waals surface area contributed by atoms with Crippen LogP contribution in [0.15, 0.2) is 12.1 Å². The van der Waals surface area contributed by atoms with Crippen LogP contribution in [0.1, 0.15) is 17.5 Å². The first-order chi connectivity index (χ1) is 7.20. The molecule has 0 fully saturated rings. The number of hydrogen-bond acceptors (Lipinski definition) is 2. The van der Waals surface area contributed by atoms with Crippen molar-refractivity contribution in [2.75, 3.05) is 12.4 Å². The van der Waals surface area contributed by atoms with E-state index in [1.54, 1.807) is 7.05 Å². The number of amides is 1. The minimum absolute atomic E-state index is 0.0386. The molecule has 0 unspecified atom stereocenters. The van der Waals surface area contributed by atoms with E-state index >= 15 is 0 Å². The Morgan fingerprint density at radius 3 is 3.00 bits per heavy atom. The van der Waals surface area contributed by atoms with Gasteiger partial charge in [0.2, 0.25) is 5.91 Å². The maximum Gasteiger partial charge on any atom is 0.224 e. The summed E-state index contributed by atoms with van der Waals surface area (Å²) in [5.41, 5.74) is 2.28. The SMILES string of the molecule is CNCc1cc2c(cc1F)NC(=O)CC2. The maximum absolute atomic E-state index is 13.5. The Hall–Kier alpha value is -1.42. The van der Waals surface area contributed by atoms with E-state index in [-0.39, 0.29) is 11.7 Å². The number of halogens is 1. The molecule has 3 nitrogen and oxygen atoms in total. The Morgan fingerprint density at radius 1 is 1.47 bits per heavy atom. The molecule has 4 heteroatoms. The van der Waals surface area contributed by atoms with Gasteiger partial charge in [0.15, 0.2) is 0 Å². The molecule has 0 aliphatic carbocycles. The molecule has 0 saturated carbocycles. The minimum Gasteiger partial charge on any atom is -0.326 e. The van der Waals surface area contributed by atoms with Crippen LogP contribution in [0.25, 0.3) is 0 Å². The lowest BCUT2D eigenvalue weighted by atomic mass is 10.00. The second-order valence-electron chi connectivity index (χ2n) is 3.68. The molecule has 0 atom stereocenters. The fourth-order valence-corrected chi connectivity index (χ4v) is 1.78. The van der Waals surface area contributed by atoms with E-state index in [0.29, 0.717) is 30.6 Å². The van der Waals surface area contributed by atoms with Gasteiger partial charge in [-0.3, -0.25) is 4.79 Å². The highest BCUT2D eigenvalue weighted by Gasteiger charge is 2.16. The van der Waals surface area contributed by atoms with Crippen molar-refractivity contribution in [2.45, 2.75) is 19.4 Å². The lowest BCUT2D eigenvalue weighted by Crippen LogP contribution is -2.20. The van der Waals surface area contributed by atoms with E-state index in [1.165, 1.54) is 6.07 Å². The van der Waals surface area contributed by atoms with Gasteiger partial charge >= 0.3 is 0 Å². The monoisotopic (exact) mass is 208 g/mol. The molecule has 2 rings (SSSR count). The topological polar surface area (TPSA) is 41.1 Å². The van der Waals surface area contributed by atoms with Gasteiger partial charge < -0.3 is 10.6 Å². The summed E-state index contributed by atoms with van der Waals surface area (Å²) in [4.78, 5) is 11.1. The average Bonchev–Trinajstić information content (AvgIpc) is 2.20. The van der Waals surface area contributed by atoms with Crippen molar-refractivity contribution in [3.63, 3.8) is 0 Å². The molecule has 1 heterocycles. The second-order valence-corrected chi connectivity index (χ2v) is 3.68.